The molecule has 4 aromatic rings. The molecule has 0 fully saturated rings. The summed E-state index contributed by atoms with van der Waals surface area (Å²) in [6, 6.07) is 17.5. The second-order valence-corrected chi connectivity index (χ2v) is 7.25. The highest BCUT2D eigenvalue weighted by atomic mass is 35.5. The number of aryl methyl sites for hydroxylation is 1. The van der Waals surface area contributed by atoms with E-state index in [0.717, 1.165) is 23.4 Å². The number of halogens is 1. The summed E-state index contributed by atoms with van der Waals surface area (Å²) in [7, 11) is 1.62. The van der Waals surface area contributed by atoms with Crippen molar-refractivity contribution in [3.05, 3.63) is 82.6 Å². The first-order chi connectivity index (χ1) is 14.6. The fourth-order valence-corrected chi connectivity index (χ4v) is 3.69. The average molecular weight is 421 g/mol. The molecular weight excluding hydrogens is 400 g/mol. The first-order valence-corrected chi connectivity index (χ1v) is 9.96. The van der Waals surface area contributed by atoms with Crippen LogP contribution in [0.3, 0.4) is 0 Å². The second kappa shape index (κ2) is 8.55. The lowest BCUT2D eigenvalue weighted by Crippen LogP contribution is -2.26. The summed E-state index contributed by atoms with van der Waals surface area (Å²) < 4.78 is 6.92. The number of ether oxygens (including phenoxy) is 1. The van der Waals surface area contributed by atoms with Crippen molar-refractivity contribution >= 4 is 28.5 Å². The standard InChI is InChI=1S/C23H21ClN4O2/c1-15-20-21(24)19(23(29)25-13-12-16-6-4-3-5-7-16)14-26-22(20)28(27-15)17-8-10-18(30-2)11-9-17/h3-11,14H,12-13H2,1-2H3,(H,25,29). The van der Waals surface area contributed by atoms with Gasteiger partial charge in [0.1, 0.15) is 5.75 Å². The van der Waals surface area contributed by atoms with Gasteiger partial charge in [-0.2, -0.15) is 5.10 Å². The predicted molar refractivity (Wildman–Crippen MR) is 118 cm³/mol. The third-order valence-electron chi connectivity index (χ3n) is 4.91. The predicted octanol–water partition coefficient (Wildman–Crippen LogP) is 4.36. The number of amides is 1. The molecule has 2 aromatic carbocycles. The molecule has 0 unspecified atom stereocenters. The Labute approximate surface area is 179 Å². The molecule has 1 N–H and O–H groups in total. The molecule has 0 aliphatic heterocycles. The maximum atomic E-state index is 12.7. The van der Waals surface area contributed by atoms with Gasteiger partial charge in [-0.1, -0.05) is 41.9 Å². The fraction of sp³-hybridized carbons (Fsp3) is 0.174. The zero-order chi connectivity index (χ0) is 21.1. The molecule has 6 nitrogen and oxygen atoms in total. The van der Waals surface area contributed by atoms with Crippen LogP contribution in [0.2, 0.25) is 5.02 Å². The Balaban J connectivity index is 1.59. The Kier molecular flexibility index (Phi) is 5.68. The number of aromatic nitrogens is 3. The Morgan fingerprint density at radius 3 is 2.57 bits per heavy atom. The number of methoxy groups -OCH3 is 1. The number of fused-ring (bicyclic) bond motifs is 1. The van der Waals surface area contributed by atoms with E-state index in [2.05, 4.69) is 15.4 Å². The van der Waals surface area contributed by atoms with Gasteiger partial charge in [0.15, 0.2) is 5.65 Å². The molecular formula is C23H21ClN4O2. The minimum Gasteiger partial charge on any atom is -0.497 e. The van der Waals surface area contributed by atoms with Gasteiger partial charge >= 0.3 is 0 Å². The molecule has 30 heavy (non-hydrogen) atoms. The first-order valence-electron chi connectivity index (χ1n) is 9.59. The van der Waals surface area contributed by atoms with E-state index in [4.69, 9.17) is 16.3 Å². The van der Waals surface area contributed by atoms with Gasteiger partial charge in [-0.3, -0.25) is 4.79 Å². The van der Waals surface area contributed by atoms with Crippen molar-refractivity contribution in [2.45, 2.75) is 13.3 Å². The van der Waals surface area contributed by atoms with Crippen LogP contribution in [-0.4, -0.2) is 34.3 Å². The molecule has 2 aromatic heterocycles. The molecule has 7 heteroatoms. The van der Waals surface area contributed by atoms with Crippen molar-refractivity contribution in [2.75, 3.05) is 13.7 Å². The topological polar surface area (TPSA) is 69.0 Å². The first kappa shape index (κ1) is 19.9. The lowest BCUT2D eigenvalue weighted by atomic mass is 10.1. The van der Waals surface area contributed by atoms with Crippen molar-refractivity contribution in [2.24, 2.45) is 0 Å². The number of nitrogens with zero attached hydrogens (tertiary/aromatic N) is 3. The number of carbonyl (C=O) groups excluding carboxylic acids is 1. The van der Waals surface area contributed by atoms with Crippen LogP contribution in [0.1, 0.15) is 21.6 Å². The second-order valence-electron chi connectivity index (χ2n) is 6.87. The van der Waals surface area contributed by atoms with Crippen LogP contribution in [-0.2, 0) is 6.42 Å². The normalized spacial score (nSPS) is 10.9. The lowest BCUT2D eigenvalue weighted by molar-refractivity contribution is 0.0954. The molecule has 2 heterocycles. The van der Waals surface area contributed by atoms with Gasteiger partial charge in [0.25, 0.3) is 5.91 Å². The van der Waals surface area contributed by atoms with Crippen LogP contribution in [0.5, 0.6) is 5.75 Å². The summed E-state index contributed by atoms with van der Waals surface area (Å²) in [5, 5.41) is 8.52. The summed E-state index contributed by atoms with van der Waals surface area (Å²) in [6.45, 7) is 2.37. The molecule has 0 atom stereocenters. The summed E-state index contributed by atoms with van der Waals surface area (Å²) in [5.41, 5.74) is 3.64. The number of hydrogen-bond donors (Lipinski definition) is 1. The molecule has 0 radical (unpaired) electrons. The molecule has 0 saturated heterocycles. The molecule has 0 spiro atoms. The van der Waals surface area contributed by atoms with Gasteiger partial charge in [-0.15, -0.1) is 0 Å². The van der Waals surface area contributed by atoms with Gasteiger partial charge in [-0.05, 0) is 43.2 Å². The van der Waals surface area contributed by atoms with Crippen molar-refractivity contribution in [1.82, 2.24) is 20.1 Å². The maximum absolute atomic E-state index is 12.7. The van der Waals surface area contributed by atoms with Crippen LogP contribution >= 0.6 is 11.6 Å². The minimum absolute atomic E-state index is 0.248. The van der Waals surface area contributed by atoms with Crippen LogP contribution in [0.15, 0.2) is 60.8 Å². The number of nitrogens with one attached hydrogen (secondary N) is 1. The zero-order valence-electron chi connectivity index (χ0n) is 16.7. The third kappa shape index (κ3) is 3.86. The fourth-order valence-electron chi connectivity index (χ4n) is 3.33. The third-order valence-corrected chi connectivity index (χ3v) is 5.30. The number of rotatable bonds is 6. The van der Waals surface area contributed by atoms with Crippen molar-refractivity contribution < 1.29 is 9.53 Å². The van der Waals surface area contributed by atoms with Gasteiger partial charge in [-0.25, -0.2) is 9.67 Å². The van der Waals surface area contributed by atoms with E-state index in [1.807, 2.05) is 61.5 Å². The Morgan fingerprint density at radius 2 is 1.87 bits per heavy atom. The molecule has 0 aliphatic rings. The van der Waals surface area contributed by atoms with E-state index in [-0.39, 0.29) is 5.91 Å². The quantitative estimate of drug-likeness (QED) is 0.503. The van der Waals surface area contributed by atoms with E-state index in [9.17, 15) is 4.79 Å². The number of benzene rings is 2. The minimum atomic E-state index is -0.248. The van der Waals surface area contributed by atoms with Crippen molar-refractivity contribution in [3.8, 4) is 11.4 Å². The Bertz CT molecular complexity index is 1190. The van der Waals surface area contributed by atoms with E-state index in [1.165, 1.54) is 6.20 Å². The van der Waals surface area contributed by atoms with Crippen LogP contribution in [0, 0.1) is 6.92 Å². The summed E-state index contributed by atoms with van der Waals surface area (Å²) in [5.74, 6) is 0.509. The van der Waals surface area contributed by atoms with Crippen molar-refractivity contribution in [1.29, 1.82) is 0 Å². The van der Waals surface area contributed by atoms with Crippen LogP contribution in [0.25, 0.3) is 16.7 Å². The van der Waals surface area contributed by atoms with Gasteiger partial charge in [0.2, 0.25) is 0 Å². The molecule has 152 valence electrons. The summed E-state index contributed by atoms with van der Waals surface area (Å²) >= 11 is 6.61. The van der Waals surface area contributed by atoms with Crippen LogP contribution < -0.4 is 10.1 Å². The van der Waals surface area contributed by atoms with E-state index >= 15 is 0 Å². The Morgan fingerprint density at radius 1 is 1.13 bits per heavy atom. The van der Waals surface area contributed by atoms with Crippen molar-refractivity contribution in [3.63, 3.8) is 0 Å². The molecule has 0 saturated carbocycles. The van der Waals surface area contributed by atoms with Gasteiger partial charge < -0.3 is 10.1 Å². The highest BCUT2D eigenvalue weighted by molar-refractivity contribution is 6.38. The lowest BCUT2D eigenvalue weighted by Gasteiger charge is -2.08. The zero-order valence-corrected chi connectivity index (χ0v) is 17.5. The molecule has 1 amide bonds. The SMILES string of the molecule is COc1ccc(-n2nc(C)c3c(Cl)c(C(=O)NCCc4ccccc4)cnc32)cc1. The van der Waals surface area contributed by atoms with E-state index in [1.54, 1.807) is 11.8 Å². The highest BCUT2D eigenvalue weighted by Crippen LogP contribution is 2.30. The van der Waals surface area contributed by atoms with Gasteiger partial charge in [0, 0.05) is 12.7 Å². The van der Waals surface area contributed by atoms with E-state index < -0.39 is 0 Å². The smallest absolute Gasteiger partial charge is 0.254 e. The number of carbonyl (C=O) groups is 1. The Hall–Kier alpha value is -3.38. The highest BCUT2D eigenvalue weighted by Gasteiger charge is 2.19. The van der Waals surface area contributed by atoms with Gasteiger partial charge in [0.05, 0.1) is 34.5 Å². The average Bonchev–Trinajstić information content (AvgIpc) is 3.12. The monoisotopic (exact) mass is 420 g/mol. The largest absolute Gasteiger partial charge is 0.497 e. The number of pyridine rings is 1. The molecule has 4 rings (SSSR count). The molecule has 0 aliphatic carbocycles. The van der Waals surface area contributed by atoms with Crippen LogP contribution in [0.4, 0.5) is 0 Å². The maximum Gasteiger partial charge on any atom is 0.254 e. The summed E-state index contributed by atoms with van der Waals surface area (Å²) in [6.07, 6.45) is 2.25. The molecule has 0 bridgehead atoms. The van der Waals surface area contributed by atoms with E-state index in [0.29, 0.717) is 33.9 Å². The summed E-state index contributed by atoms with van der Waals surface area (Å²) in [4.78, 5) is 17.2. The number of hydrogen-bond acceptors (Lipinski definition) is 4.